The van der Waals surface area contributed by atoms with Crippen molar-refractivity contribution < 1.29 is 15.0 Å². The van der Waals surface area contributed by atoms with E-state index in [4.69, 9.17) is 15.0 Å². The van der Waals surface area contributed by atoms with Gasteiger partial charge in [0.1, 0.15) is 0 Å². The molecule has 4 heteroatoms. The van der Waals surface area contributed by atoms with Gasteiger partial charge in [0.05, 0.1) is 10.9 Å². The van der Waals surface area contributed by atoms with Crippen molar-refractivity contribution in [3.8, 4) is 0 Å². The van der Waals surface area contributed by atoms with Crippen LogP contribution in [0.2, 0.25) is 0 Å². The Balaban J connectivity index is 0.00000138. The van der Waals surface area contributed by atoms with E-state index in [-0.39, 0.29) is 10.9 Å². The summed E-state index contributed by atoms with van der Waals surface area (Å²) in [6, 6.07) is 28.7. The molecule has 0 amide bonds. The van der Waals surface area contributed by atoms with Crippen LogP contribution in [-0.2, 0) is 30.2 Å². The van der Waals surface area contributed by atoms with E-state index in [0.29, 0.717) is 0 Å². The van der Waals surface area contributed by atoms with Crippen LogP contribution in [0.4, 0.5) is 4.79 Å². The second-order valence-electron chi connectivity index (χ2n) is 10.9. The lowest BCUT2D eigenvalue weighted by molar-refractivity contribution is -0.275. The molecule has 3 nitrogen and oxygen atoms in total. The number of unbranched alkanes of at least 4 members (excludes halogenated alkanes) is 9. The highest BCUT2D eigenvalue weighted by Gasteiger charge is 2.28. The van der Waals surface area contributed by atoms with Gasteiger partial charge in [-0.25, -0.2) is 0 Å². The fraction of sp³-hybridized carbons (Fsp3) is 0.486. The van der Waals surface area contributed by atoms with Crippen LogP contribution in [0.15, 0.2) is 87.5 Å². The van der Waals surface area contributed by atoms with Crippen molar-refractivity contribution in [1.29, 1.82) is 0 Å². The molecule has 0 spiro atoms. The highest BCUT2D eigenvalue weighted by atomic mass is 32.2. The summed E-state index contributed by atoms with van der Waals surface area (Å²) < 4.78 is 0. The highest BCUT2D eigenvalue weighted by molar-refractivity contribution is 7.97. The summed E-state index contributed by atoms with van der Waals surface area (Å²) in [7, 11) is -0.0657. The van der Waals surface area contributed by atoms with E-state index in [0.717, 1.165) is 0 Å². The minimum Gasteiger partial charge on any atom is -0.565 e. The first-order valence-electron chi connectivity index (χ1n) is 15.9. The predicted molar refractivity (Wildman–Crippen MR) is 173 cm³/mol. The summed E-state index contributed by atoms with van der Waals surface area (Å²) in [5.41, 5.74) is 4.44. The summed E-state index contributed by atoms with van der Waals surface area (Å²) in [4.78, 5) is 12.7. The largest absolute Gasteiger partial charge is 0.565 e. The standard InChI is InChI=1S/C36H51S.CH2O3/c1-4-7-10-13-16-31-19-25-34(26-20-31)37(35-27-21-32(22-28-35)17-14-11-8-5-2)36-29-23-33(24-30-36)18-15-12-9-6-3;2-1(3)4/h19-30H,4-18H2,1-3H3;(H2,2,3,4)/q+1;/p-1. The van der Waals surface area contributed by atoms with Gasteiger partial charge in [-0.05, 0) is 91.6 Å². The molecule has 0 aliphatic rings. The van der Waals surface area contributed by atoms with Crippen molar-refractivity contribution in [2.75, 3.05) is 0 Å². The summed E-state index contributed by atoms with van der Waals surface area (Å²) in [5, 5.41) is 15.3. The molecular weight excluding hydrogens is 524 g/mol. The van der Waals surface area contributed by atoms with Crippen LogP contribution in [0.5, 0.6) is 0 Å². The van der Waals surface area contributed by atoms with Crippen molar-refractivity contribution in [2.24, 2.45) is 0 Å². The monoisotopic (exact) mass is 576 g/mol. The number of hydrogen-bond donors (Lipinski definition) is 1. The molecule has 0 heterocycles. The second-order valence-corrected chi connectivity index (χ2v) is 13.0. The van der Waals surface area contributed by atoms with Gasteiger partial charge in [0.2, 0.25) is 6.16 Å². The zero-order chi connectivity index (χ0) is 29.7. The van der Waals surface area contributed by atoms with Gasteiger partial charge in [-0.2, -0.15) is 0 Å². The van der Waals surface area contributed by atoms with Crippen molar-refractivity contribution in [3.63, 3.8) is 0 Å². The number of carbonyl (C=O) groups is 1. The number of carboxylic acid groups (broad SMARTS) is 2. The number of benzene rings is 3. The van der Waals surface area contributed by atoms with Gasteiger partial charge in [0.25, 0.3) is 0 Å². The van der Waals surface area contributed by atoms with Gasteiger partial charge in [-0.3, -0.25) is 0 Å². The van der Waals surface area contributed by atoms with Crippen LogP contribution in [0.3, 0.4) is 0 Å². The summed E-state index contributed by atoms with van der Waals surface area (Å²) >= 11 is 0. The SMILES string of the molecule is CCCCCCc1ccc([S+](c2ccc(CCCCCC)cc2)c2ccc(CCCCCC)cc2)cc1.O=C([O-])O. The summed E-state index contributed by atoms with van der Waals surface area (Å²) in [6.45, 7) is 6.86. The molecule has 0 saturated heterocycles. The molecule has 0 radical (unpaired) electrons. The van der Waals surface area contributed by atoms with Gasteiger partial charge in [0.15, 0.2) is 14.7 Å². The van der Waals surface area contributed by atoms with Crippen LogP contribution in [0.25, 0.3) is 0 Å². The minimum absolute atomic E-state index is 0.0657. The molecule has 0 bridgehead atoms. The fourth-order valence-corrected chi connectivity index (χ4v) is 7.09. The Bertz CT molecular complexity index is 939. The third-order valence-corrected chi connectivity index (χ3v) is 9.66. The maximum atomic E-state index is 8.44. The molecule has 0 saturated carbocycles. The van der Waals surface area contributed by atoms with E-state index in [2.05, 4.69) is 93.6 Å². The number of hydrogen-bond acceptors (Lipinski definition) is 2. The van der Waals surface area contributed by atoms with Gasteiger partial charge in [0, 0.05) is 0 Å². The Morgan fingerprint density at radius 3 is 0.976 bits per heavy atom. The van der Waals surface area contributed by atoms with Crippen LogP contribution in [-0.4, -0.2) is 11.3 Å². The van der Waals surface area contributed by atoms with Crippen LogP contribution in [0.1, 0.15) is 115 Å². The van der Waals surface area contributed by atoms with Crippen molar-refractivity contribution in [3.05, 3.63) is 89.5 Å². The number of rotatable bonds is 18. The van der Waals surface area contributed by atoms with E-state index in [1.54, 1.807) is 0 Å². The Morgan fingerprint density at radius 2 is 0.756 bits per heavy atom. The van der Waals surface area contributed by atoms with Crippen molar-refractivity contribution in [1.82, 2.24) is 0 Å². The fourth-order valence-electron chi connectivity index (χ4n) is 5.05. The van der Waals surface area contributed by atoms with Crippen molar-refractivity contribution >= 4 is 17.1 Å². The van der Waals surface area contributed by atoms with Gasteiger partial charge in [-0.15, -0.1) is 0 Å². The van der Waals surface area contributed by atoms with E-state index >= 15 is 0 Å². The molecule has 3 rings (SSSR count). The highest BCUT2D eigenvalue weighted by Crippen LogP contribution is 2.32. The molecule has 0 aliphatic heterocycles. The smallest absolute Gasteiger partial charge is 0.249 e. The average Bonchev–Trinajstić information content (AvgIpc) is 2.98. The molecule has 3 aromatic rings. The third kappa shape index (κ3) is 14.1. The van der Waals surface area contributed by atoms with E-state index in [1.165, 1.54) is 128 Å². The molecular formula is C37H52O3S. The lowest BCUT2D eigenvalue weighted by Crippen LogP contribution is -2.17. The molecule has 0 aliphatic carbocycles. The molecule has 0 unspecified atom stereocenters. The molecule has 224 valence electrons. The van der Waals surface area contributed by atoms with Crippen LogP contribution in [0, 0.1) is 0 Å². The van der Waals surface area contributed by atoms with E-state index in [1.807, 2.05) is 0 Å². The first-order chi connectivity index (χ1) is 20.0. The first kappa shape index (κ1) is 34.5. The lowest BCUT2D eigenvalue weighted by Gasteiger charge is -2.11. The number of aryl methyl sites for hydroxylation is 3. The average molecular weight is 577 g/mol. The van der Waals surface area contributed by atoms with E-state index in [9.17, 15) is 0 Å². The second kappa shape index (κ2) is 21.1. The van der Waals surface area contributed by atoms with Gasteiger partial charge < -0.3 is 15.0 Å². The third-order valence-electron chi connectivity index (χ3n) is 7.43. The predicted octanol–water partition coefficient (Wildman–Crippen LogP) is 10.0. The summed E-state index contributed by atoms with van der Waals surface area (Å²) in [6.07, 6.45) is 17.4. The maximum absolute atomic E-state index is 8.44. The molecule has 41 heavy (non-hydrogen) atoms. The molecule has 0 aromatic heterocycles. The lowest BCUT2D eigenvalue weighted by atomic mass is 10.1. The summed E-state index contributed by atoms with van der Waals surface area (Å²) in [5.74, 6) is 0. The topological polar surface area (TPSA) is 60.4 Å². The molecule has 0 atom stereocenters. The molecule has 1 N–H and O–H groups in total. The zero-order valence-electron chi connectivity index (χ0n) is 25.7. The van der Waals surface area contributed by atoms with Crippen molar-refractivity contribution in [2.45, 2.75) is 132 Å². The Labute approximate surface area is 252 Å². The Hall–Kier alpha value is -2.72. The van der Waals surface area contributed by atoms with Gasteiger partial charge in [-0.1, -0.05) is 115 Å². The Morgan fingerprint density at radius 1 is 0.512 bits per heavy atom. The maximum Gasteiger partial charge on any atom is 0.249 e. The van der Waals surface area contributed by atoms with Crippen LogP contribution < -0.4 is 5.11 Å². The Kier molecular flexibility index (Phi) is 17.7. The molecule has 0 fully saturated rings. The minimum atomic E-state index is -2.08. The van der Waals surface area contributed by atoms with Crippen LogP contribution >= 0.6 is 0 Å². The zero-order valence-corrected chi connectivity index (χ0v) is 26.5. The molecule has 3 aromatic carbocycles. The first-order valence-corrected chi connectivity index (χ1v) is 17.1. The quantitative estimate of drug-likeness (QED) is 0.121. The van der Waals surface area contributed by atoms with Gasteiger partial charge >= 0.3 is 0 Å². The normalized spacial score (nSPS) is 10.8. The van der Waals surface area contributed by atoms with E-state index < -0.39 is 6.16 Å².